The van der Waals surface area contributed by atoms with Crippen LogP contribution < -0.4 is 0 Å². The van der Waals surface area contributed by atoms with Gasteiger partial charge in [-0.05, 0) is 55.1 Å². The third-order valence-electron chi connectivity index (χ3n) is 10.3. The summed E-state index contributed by atoms with van der Waals surface area (Å²) in [5.74, 6) is -0.209. The zero-order chi connectivity index (χ0) is 28.1. The summed E-state index contributed by atoms with van der Waals surface area (Å²) in [7, 11) is 1.20. The molecule has 0 spiro atoms. The highest BCUT2D eigenvalue weighted by Gasteiger charge is 2.61. The molecule has 1 aliphatic heterocycles. The van der Waals surface area contributed by atoms with E-state index in [1.807, 2.05) is 44.2 Å². The third-order valence-corrected chi connectivity index (χ3v) is 10.3. The van der Waals surface area contributed by atoms with Crippen LogP contribution in [0.2, 0.25) is 0 Å². The first-order chi connectivity index (χ1) is 18.5. The van der Waals surface area contributed by atoms with Crippen LogP contribution in [0.15, 0.2) is 41.5 Å². The number of ether oxygens (including phenoxy) is 4. The van der Waals surface area contributed by atoms with Gasteiger partial charge in [0.25, 0.3) is 0 Å². The summed E-state index contributed by atoms with van der Waals surface area (Å²) in [6, 6.07) is 9.29. The molecule has 4 aliphatic rings. The monoisotopic (exact) mass is 540 g/mol. The minimum Gasteiger partial charge on any atom is -0.455 e. The van der Waals surface area contributed by atoms with Crippen molar-refractivity contribution < 1.29 is 38.4 Å². The number of rotatable bonds is 5. The molecule has 1 aromatic carbocycles. The fraction of sp³-hybridized carbons (Fsp3) is 0.645. The van der Waals surface area contributed by atoms with Crippen molar-refractivity contribution in [2.45, 2.75) is 84.2 Å². The molecule has 3 fully saturated rings. The molecule has 0 amide bonds. The highest BCUT2D eigenvalue weighted by molar-refractivity contribution is 5.88. The average Bonchev–Trinajstić information content (AvgIpc) is 2.89. The van der Waals surface area contributed by atoms with Crippen molar-refractivity contribution in [3.8, 4) is 0 Å². The first kappa shape index (κ1) is 27.8. The number of Topliss-reactive ketones (excluding diaryl/α,β-unsaturated/α-hetero) is 1. The van der Waals surface area contributed by atoms with Gasteiger partial charge in [-0.2, -0.15) is 0 Å². The van der Waals surface area contributed by atoms with Crippen molar-refractivity contribution in [2.24, 2.45) is 28.6 Å². The quantitative estimate of drug-likeness (QED) is 0.432. The summed E-state index contributed by atoms with van der Waals surface area (Å²) in [6.07, 6.45) is -1.17. The molecule has 212 valence electrons. The number of hydrogen-bond acceptors (Lipinski definition) is 8. The van der Waals surface area contributed by atoms with E-state index in [0.717, 1.165) is 23.1 Å². The lowest BCUT2D eigenvalue weighted by Crippen LogP contribution is -2.63. The number of ketones is 1. The standard InChI is InChI=1S/C31H40O8/c1-17-21-14-26(32)31(4)22(20-16-37-24(20)15-27(31)33)12-19(30(21,2)3)13-23(17)38-28(34)25(39-29(35)36-5)11-18-9-7-6-8-10-18/h6-10,19-20,22-25,27,33H,11-16H2,1-5H3/t19?,20?,22?,23-,24?,25?,27?,31?/m0/s1. The van der Waals surface area contributed by atoms with E-state index in [9.17, 15) is 19.5 Å². The smallest absolute Gasteiger partial charge is 0.455 e. The van der Waals surface area contributed by atoms with Crippen LogP contribution in [0.4, 0.5) is 4.79 Å². The molecular formula is C31H40O8. The van der Waals surface area contributed by atoms with Crippen LogP contribution in [0.25, 0.3) is 0 Å². The second-order valence-corrected chi connectivity index (χ2v) is 12.5. The molecule has 2 saturated carbocycles. The highest BCUT2D eigenvalue weighted by Crippen LogP contribution is 2.59. The van der Waals surface area contributed by atoms with Crippen molar-refractivity contribution in [3.05, 3.63) is 47.0 Å². The van der Waals surface area contributed by atoms with Crippen LogP contribution >= 0.6 is 0 Å². The normalized spacial score (nSPS) is 35.8. The number of hydrogen-bond donors (Lipinski definition) is 1. The molecule has 1 saturated heterocycles. The van der Waals surface area contributed by atoms with Crippen molar-refractivity contribution in [1.82, 2.24) is 0 Å². The van der Waals surface area contributed by atoms with Gasteiger partial charge in [-0.25, -0.2) is 9.59 Å². The summed E-state index contributed by atoms with van der Waals surface area (Å²) in [5.41, 5.74) is 1.59. The summed E-state index contributed by atoms with van der Waals surface area (Å²) in [4.78, 5) is 39.3. The molecule has 5 rings (SSSR count). The predicted molar refractivity (Wildman–Crippen MR) is 142 cm³/mol. The SMILES string of the molecule is COC(=O)OC(Cc1ccccc1)C(=O)O[C@H]1CC2CC3C4COC4CC(O)C3(C)C(=O)CC(=C1C)C2(C)C. The van der Waals surface area contributed by atoms with Gasteiger partial charge in [-0.15, -0.1) is 0 Å². The van der Waals surface area contributed by atoms with E-state index in [4.69, 9.17) is 14.2 Å². The molecule has 7 unspecified atom stereocenters. The predicted octanol–water partition coefficient (Wildman–Crippen LogP) is 4.42. The second-order valence-electron chi connectivity index (χ2n) is 12.5. The molecular weight excluding hydrogens is 500 g/mol. The Hall–Kier alpha value is -2.71. The molecule has 39 heavy (non-hydrogen) atoms. The minimum absolute atomic E-state index is 0.00145. The number of aliphatic hydroxyl groups excluding tert-OH is 1. The maximum absolute atomic E-state index is 13.9. The summed E-state index contributed by atoms with van der Waals surface area (Å²) in [5, 5.41) is 11.1. The van der Waals surface area contributed by atoms with E-state index in [2.05, 4.69) is 18.6 Å². The van der Waals surface area contributed by atoms with E-state index in [-0.39, 0.29) is 47.9 Å². The zero-order valence-electron chi connectivity index (χ0n) is 23.5. The van der Waals surface area contributed by atoms with Crippen LogP contribution in [0.5, 0.6) is 0 Å². The average molecular weight is 541 g/mol. The molecule has 0 aromatic heterocycles. The first-order valence-corrected chi connectivity index (χ1v) is 14.0. The minimum atomic E-state index is -1.16. The summed E-state index contributed by atoms with van der Waals surface area (Å²) < 4.78 is 21.8. The lowest BCUT2D eigenvalue weighted by atomic mass is 9.49. The number of carbonyl (C=O) groups is 3. The second kappa shape index (κ2) is 10.4. The Bertz CT molecular complexity index is 1160. The lowest BCUT2D eigenvalue weighted by molar-refractivity contribution is -0.228. The molecule has 3 aliphatic carbocycles. The van der Waals surface area contributed by atoms with Gasteiger partial charge in [-0.1, -0.05) is 49.8 Å². The summed E-state index contributed by atoms with van der Waals surface area (Å²) >= 11 is 0. The Morgan fingerprint density at radius 3 is 2.49 bits per heavy atom. The topological polar surface area (TPSA) is 108 Å². The van der Waals surface area contributed by atoms with E-state index < -0.39 is 35.9 Å². The maximum atomic E-state index is 13.9. The third kappa shape index (κ3) is 4.80. The Morgan fingerprint density at radius 1 is 1.13 bits per heavy atom. The highest BCUT2D eigenvalue weighted by atomic mass is 16.7. The Morgan fingerprint density at radius 2 is 1.85 bits per heavy atom. The zero-order valence-corrected chi connectivity index (χ0v) is 23.5. The van der Waals surface area contributed by atoms with Crippen molar-refractivity contribution in [1.29, 1.82) is 0 Å². The molecule has 8 heteroatoms. The molecule has 0 radical (unpaired) electrons. The number of aliphatic hydroxyl groups is 1. The molecule has 1 aromatic rings. The lowest BCUT2D eigenvalue weighted by Gasteiger charge is -2.59. The van der Waals surface area contributed by atoms with Gasteiger partial charge in [0, 0.05) is 25.2 Å². The Balaban J connectivity index is 1.43. The molecule has 1 heterocycles. The van der Waals surface area contributed by atoms with Crippen LogP contribution in [-0.2, 0) is 35.0 Å². The number of methoxy groups -OCH3 is 1. The van der Waals surface area contributed by atoms with Crippen LogP contribution in [0, 0.1) is 28.6 Å². The van der Waals surface area contributed by atoms with Crippen molar-refractivity contribution in [2.75, 3.05) is 13.7 Å². The molecule has 8 atom stereocenters. The van der Waals surface area contributed by atoms with Gasteiger partial charge < -0.3 is 24.1 Å². The van der Waals surface area contributed by atoms with Crippen LogP contribution in [0.1, 0.15) is 58.9 Å². The fourth-order valence-electron chi connectivity index (χ4n) is 7.54. The van der Waals surface area contributed by atoms with Crippen LogP contribution in [0.3, 0.4) is 0 Å². The van der Waals surface area contributed by atoms with Crippen LogP contribution in [-0.4, -0.2) is 61.1 Å². The number of benzene rings is 1. The number of allylic oxidation sites excluding steroid dienone is 1. The van der Waals surface area contributed by atoms with Gasteiger partial charge >= 0.3 is 12.1 Å². The summed E-state index contributed by atoms with van der Waals surface area (Å²) in [6.45, 7) is 8.85. The van der Waals surface area contributed by atoms with E-state index in [1.54, 1.807) is 0 Å². The number of carbonyl (C=O) groups excluding carboxylic acids is 3. The molecule has 2 bridgehead atoms. The molecule has 1 N–H and O–H groups in total. The van der Waals surface area contributed by atoms with Gasteiger partial charge in [0.1, 0.15) is 11.9 Å². The van der Waals surface area contributed by atoms with Crippen molar-refractivity contribution in [3.63, 3.8) is 0 Å². The fourth-order valence-corrected chi connectivity index (χ4v) is 7.54. The van der Waals surface area contributed by atoms with Gasteiger partial charge in [0.15, 0.2) is 0 Å². The first-order valence-electron chi connectivity index (χ1n) is 14.0. The number of esters is 1. The molecule has 8 nitrogen and oxygen atoms in total. The van der Waals surface area contributed by atoms with E-state index in [1.165, 1.54) is 7.11 Å². The number of fused-ring (bicyclic) bond motifs is 5. The largest absolute Gasteiger partial charge is 0.508 e. The van der Waals surface area contributed by atoms with Gasteiger partial charge in [0.2, 0.25) is 6.10 Å². The van der Waals surface area contributed by atoms with E-state index in [0.29, 0.717) is 19.4 Å². The van der Waals surface area contributed by atoms with Crippen molar-refractivity contribution >= 4 is 17.9 Å². The van der Waals surface area contributed by atoms with E-state index >= 15 is 0 Å². The maximum Gasteiger partial charge on any atom is 0.508 e. The Labute approximate surface area is 230 Å². The van der Waals surface area contributed by atoms with Gasteiger partial charge in [-0.3, -0.25) is 4.79 Å². The van der Waals surface area contributed by atoms with Gasteiger partial charge in [0.05, 0.1) is 31.3 Å². The Kier molecular flexibility index (Phi) is 7.40.